The number of nitrogens with one attached hydrogen (secondary N) is 1. The van der Waals surface area contributed by atoms with Crippen LogP contribution in [-0.2, 0) is 10.2 Å². The van der Waals surface area contributed by atoms with E-state index in [4.69, 9.17) is 4.74 Å². The van der Waals surface area contributed by atoms with Gasteiger partial charge in [-0.15, -0.1) is 0 Å². The Kier molecular flexibility index (Phi) is 3.57. The van der Waals surface area contributed by atoms with Crippen LogP contribution in [0, 0.1) is 0 Å². The van der Waals surface area contributed by atoms with Gasteiger partial charge in [-0.3, -0.25) is 10.2 Å². The average Bonchev–Trinajstić information content (AvgIpc) is 3.11. The first-order chi connectivity index (χ1) is 8.58. The third-order valence-electron chi connectivity index (χ3n) is 3.23. The van der Waals surface area contributed by atoms with Crippen LogP contribution in [-0.4, -0.2) is 31.6 Å². The standard InChI is InChI=1S/C14H20N2O2/c1-4-18-12-7-5-11(6-8-12)14(9-10-14)13(17)15-16(2)3/h5-8H,4,9-10H2,1-3H3,(H,15,17). The molecule has 1 fully saturated rings. The van der Waals surface area contributed by atoms with Crippen LogP contribution < -0.4 is 10.2 Å². The molecule has 0 saturated heterocycles. The van der Waals surface area contributed by atoms with E-state index in [1.54, 1.807) is 5.01 Å². The normalized spacial score (nSPS) is 16.4. The molecular formula is C14H20N2O2. The molecule has 98 valence electrons. The Morgan fingerprint density at radius 2 is 1.94 bits per heavy atom. The summed E-state index contributed by atoms with van der Waals surface area (Å²) >= 11 is 0. The van der Waals surface area contributed by atoms with Crippen LogP contribution in [0.1, 0.15) is 25.3 Å². The van der Waals surface area contributed by atoms with E-state index in [9.17, 15) is 4.79 Å². The molecular weight excluding hydrogens is 228 g/mol. The Morgan fingerprint density at radius 1 is 1.33 bits per heavy atom. The van der Waals surface area contributed by atoms with Crippen LogP contribution in [0.25, 0.3) is 0 Å². The van der Waals surface area contributed by atoms with Crippen molar-refractivity contribution in [3.8, 4) is 5.75 Å². The van der Waals surface area contributed by atoms with Crippen LogP contribution >= 0.6 is 0 Å². The Balaban J connectivity index is 2.13. The van der Waals surface area contributed by atoms with Gasteiger partial charge < -0.3 is 4.74 Å². The number of amides is 1. The molecule has 1 aromatic carbocycles. The van der Waals surface area contributed by atoms with E-state index in [1.807, 2.05) is 45.3 Å². The molecule has 0 spiro atoms. The fourth-order valence-corrected chi connectivity index (χ4v) is 2.12. The van der Waals surface area contributed by atoms with Crippen molar-refractivity contribution in [3.05, 3.63) is 29.8 Å². The number of nitrogens with zero attached hydrogens (tertiary/aromatic N) is 1. The zero-order chi connectivity index (χ0) is 13.2. The van der Waals surface area contributed by atoms with Gasteiger partial charge in [0.1, 0.15) is 5.75 Å². The molecule has 18 heavy (non-hydrogen) atoms. The molecule has 4 nitrogen and oxygen atoms in total. The third-order valence-corrected chi connectivity index (χ3v) is 3.23. The fourth-order valence-electron chi connectivity index (χ4n) is 2.12. The number of hydrazine groups is 1. The molecule has 0 atom stereocenters. The number of carbonyl (C=O) groups excluding carboxylic acids is 1. The van der Waals surface area contributed by atoms with E-state index in [0.717, 1.165) is 24.2 Å². The molecule has 0 heterocycles. The third kappa shape index (κ3) is 2.48. The van der Waals surface area contributed by atoms with E-state index in [1.165, 1.54) is 0 Å². The lowest BCUT2D eigenvalue weighted by Crippen LogP contribution is -2.42. The predicted molar refractivity (Wildman–Crippen MR) is 70.4 cm³/mol. The lowest BCUT2D eigenvalue weighted by Gasteiger charge is -2.19. The number of hydrogen-bond donors (Lipinski definition) is 1. The minimum absolute atomic E-state index is 0.0802. The number of rotatable bonds is 5. The van der Waals surface area contributed by atoms with E-state index in [0.29, 0.717) is 6.61 Å². The van der Waals surface area contributed by atoms with E-state index < -0.39 is 0 Å². The maximum Gasteiger partial charge on any atom is 0.244 e. The molecule has 0 unspecified atom stereocenters. The molecule has 4 heteroatoms. The van der Waals surface area contributed by atoms with Crippen LogP contribution in [0.3, 0.4) is 0 Å². The molecule has 1 aliphatic carbocycles. The van der Waals surface area contributed by atoms with Crippen molar-refractivity contribution < 1.29 is 9.53 Å². The smallest absolute Gasteiger partial charge is 0.244 e. The maximum atomic E-state index is 12.2. The van der Waals surface area contributed by atoms with Gasteiger partial charge in [0.05, 0.1) is 12.0 Å². The van der Waals surface area contributed by atoms with Gasteiger partial charge in [-0.2, -0.15) is 0 Å². The van der Waals surface area contributed by atoms with Gasteiger partial charge in [0.15, 0.2) is 0 Å². The zero-order valence-corrected chi connectivity index (χ0v) is 11.2. The minimum Gasteiger partial charge on any atom is -0.494 e. The molecule has 1 saturated carbocycles. The summed E-state index contributed by atoms with van der Waals surface area (Å²) in [6, 6.07) is 7.85. The Hall–Kier alpha value is -1.55. The quantitative estimate of drug-likeness (QED) is 0.807. The largest absolute Gasteiger partial charge is 0.494 e. The first-order valence-corrected chi connectivity index (χ1v) is 6.30. The van der Waals surface area contributed by atoms with Gasteiger partial charge in [0, 0.05) is 14.1 Å². The van der Waals surface area contributed by atoms with E-state index in [-0.39, 0.29) is 11.3 Å². The Labute approximate surface area is 108 Å². The van der Waals surface area contributed by atoms with Crippen molar-refractivity contribution >= 4 is 5.91 Å². The van der Waals surface area contributed by atoms with Crippen molar-refractivity contribution in [1.29, 1.82) is 0 Å². The van der Waals surface area contributed by atoms with Crippen molar-refractivity contribution in [1.82, 2.24) is 10.4 Å². The lowest BCUT2D eigenvalue weighted by molar-refractivity contribution is -0.127. The maximum absolute atomic E-state index is 12.2. The zero-order valence-electron chi connectivity index (χ0n) is 11.2. The molecule has 0 aromatic heterocycles. The summed E-state index contributed by atoms with van der Waals surface area (Å²) in [5, 5.41) is 1.69. The van der Waals surface area contributed by atoms with Gasteiger partial charge in [-0.05, 0) is 37.5 Å². The monoisotopic (exact) mass is 248 g/mol. The first-order valence-electron chi connectivity index (χ1n) is 6.30. The van der Waals surface area contributed by atoms with Crippen LogP contribution in [0.4, 0.5) is 0 Å². The van der Waals surface area contributed by atoms with Gasteiger partial charge in [-0.1, -0.05) is 12.1 Å². The van der Waals surface area contributed by atoms with E-state index in [2.05, 4.69) is 5.43 Å². The summed E-state index contributed by atoms with van der Waals surface area (Å²) in [5.74, 6) is 0.932. The fraction of sp³-hybridized carbons (Fsp3) is 0.500. The van der Waals surface area contributed by atoms with Crippen molar-refractivity contribution in [2.45, 2.75) is 25.2 Å². The van der Waals surface area contributed by atoms with Crippen molar-refractivity contribution in [3.63, 3.8) is 0 Å². The highest BCUT2D eigenvalue weighted by Gasteiger charge is 2.51. The number of ether oxygens (including phenoxy) is 1. The number of hydrogen-bond acceptors (Lipinski definition) is 3. The molecule has 1 amide bonds. The molecule has 2 rings (SSSR count). The summed E-state index contributed by atoms with van der Waals surface area (Å²) in [6.07, 6.45) is 1.83. The highest BCUT2D eigenvalue weighted by atomic mass is 16.5. The highest BCUT2D eigenvalue weighted by Crippen LogP contribution is 2.48. The van der Waals surface area contributed by atoms with Crippen LogP contribution in [0.2, 0.25) is 0 Å². The first kappa shape index (κ1) is 12.9. The molecule has 1 N–H and O–H groups in total. The second kappa shape index (κ2) is 4.98. The van der Waals surface area contributed by atoms with Crippen molar-refractivity contribution in [2.75, 3.05) is 20.7 Å². The second-order valence-corrected chi connectivity index (χ2v) is 4.87. The Morgan fingerprint density at radius 3 is 2.39 bits per heavy atom. The van der Waals surface area contributed by atoms with E-state index >= 15 is 0 Å². The highest BCUT2D eigenvalue weighted by molar-refractivity contribution is 5.90. The minimum atomic E-state index is -0.324. The molecule has 0 radical (unpaired) electrons. The van der Waals surface area contributed by atoms with Crippen LogP contribution in [0.15, 0.2) is 24.3 Å². The lowest BCUT2D eigenvalue weighted by atomic mass is 9.95. The summed E-state index contributed by atoms with van der Waals surface area (Å²) in [7, 11) is 3.65. The second-order valence-electron chi connectivity index (χ2n) is 4.87. The summed E-state index contributed by atoms with van der Waals surface area (Å²) in [6.45, 7) is 2.62. The summed E-state index contributed by atoms with van der Waals surface area (Å²) < 4.78 is 5.41. The molecule has 0 aliphatic heterocycles. The summed E-state index contributed by atoms with van der Waals surface area (Å²) in [4.78, 5) is 12.2. The number of benzene rings is 1. The summed E-state index contributed by atoms with van der Waals surface area (Å²) in [5.41, 5.74) is 3.60. The average molecular weight is 248 g/mol. The van der Waals surface area contributed by atoms with Crippen molar-refractivity contribution in [2.24, 2.45) is 0 Å². The number of carbonyl (C=O) groups is 1. The van der Waals surface area contributed by atoms with Gasteiger partial charge in [0.25, 0.3) is 0 Å². The SMILES string of the molecule is CCOc1ccc(C2(C(=O)NN(C)C)CC2)cc1. The molecule has 0 bridgehead atoms. The molecule has 1 aromatic rings. The predicted octanol–water partition coefficient (Wildman–Crippen LogP) is 1.71. The van der Waals surface area contributed by atoms with Gasteiger partial charge in [0.2, 0.25) is 5.91 Å². The van der Waals surface area contributed by atoms with Gasteiger partial charge >= 0.3 is 0 Å². The van der Waals surface area contributed by atoms with Crippen LogP contribution in [0.5, 0.6) is 5.75 Å². The Bertz CT molecular complexity index is 422. The topological polar surface area (TPSA) is 41.6 Å². The van der Waals surface area contributed by atoms with Gasteiger partial charge in [-0.25, -0.2) is 5.01 Å². The molecule has 1 aliphatic rings.